The van der Waals surface area contributed by atoms with E-state index in [2.05, 4.69) is 20.4 Å². The molecule has 3 aromatic rings. The number of pyridine rings is 1. The molecule has 3 aliphatic rings. The fourth-order valence-electron chi connectivity index (χ4n) is 5.87. The molecule has 37 heavy (non-hydrogen) atoms. The number of halogens is 1. The average molecular weight is 503 g/mol. The van der Waals surface area contributed by atoms with Crippen LogP contribution >= 0.6 is 0 Å². The van der Waals surface area contributed by atoms with Gasteiger partial charge in [0.05, 0.1) is 30.2 Å². The molecule has 0 spiro atoms. The summed E-state index contributed by atoms with van der Waals surface area (Å²) in [6.45, 7) is 4.91. The Morgan fingerprint density at radius 2 is 2.05 bits per heavy atom. The van der Waals surface area contributed by atoms with Crippen molar-refractivity contribution < 1.29 is 13.9 Å². The lowest BCUT2D eigenvalue weighted by Crippen LogP contribution is -2.60. The molecule has 0 bridgehead atoms. The van der Waals surface area contributed by atoms with Crippen molar-refractivity contribution in [2.45, 2.75) is 44.2 Å². The predicted octanol–water partition coefficient (Wildman–Crippen LogP) is 2.08. The lowest BCUT2D eigenvalue weighted by Gasteiger charge is -2.47. The van der Waals surface area contributed by atoms with E-state index >= 15 is 0 Å². The highest BCUT2D eigenvalue weighted by molar-refractivity contribution is 5.84. The molecule has 6 rings (SSSR count). The molecule has 10 nitrogen and oxygen atoms in total. The molecule has 0 saturated carbocycles. The van der Waals surface area contributed by atoms with Crippen molar-refractivity contribution in [3.8, 4) is 11.9 Å². The van der Waals surface area contributed by atoms with Gasteiger partial charge in [0.2, 0.25) is 5.91 Å². The largest absolute Gasteiger partial charge is 0.370 e. The number of hydrogen-bond donors (Lipinski definition) is 0. The zero-order valence-corrected chi connectivity index (χ0v) is 20.5. The summed E-state index contributed by atoms with van der Waals surface area (Å²) < 4.78 is 21.7. The third-order valence-corrected chi connectivity index (χ3v) is 7.88. The Morgan fingerprint density at radius 1 is 1.19 bits per heavy atom. The van der Waals surface area contributed by atoms with E-state index in [1.165, 1.54) is 17.1 Å². The van der Waals surface area contributed by atoms with Crippen LogP contribution in [0.3, 0.4) is 0 Å². The number of fused-ring (bicyclic) bond motifs is 2. The molecule has 4 heterocycles. The number of amides is 1. The van der Waals surface area contributed by atoms with Crippen LogP contribution in [0.1, 0.15) is 52.8 Å². The summed E-state index contributed by atoms with van der Waals surface area (Å²) in [6.07, 6.45) is 3.84. The van der Waals surface area contributed by atoms with Gasteiger partial charge in [-0.05, 0) is 65.4 Å². The lowest BCUT2D eigenvalue weighted by molar-refractivity contribution is -0.142. The second-order valence-electron chi connectivity index (χ2n) is 9.91. The minimum absolute atomic E-state index is 0.0750. The Morgan fingerprint density at radius 3 is 2.86 bits per heavy atom. The van der Waals surface area contributed by atoms with Crippen molar-refractivity contribution in [2.24, 2.45) is 0 Å². The Bertz CT molecular complexity index is 1370. The van der Waals surface area contributed by atoms with E-state index in [1.54, 1.807) is 13.0 Å². The second-order valence-corrected chi connectivity index (χ2v) is 9.91. The fraction of sp³-hybridized carbons (Fsp3) is 0.462. The van der Waals surface area contributed by atoms with E-state index < -0.39 is 5.82 Å². The SMILES string of the molecule is Cc1c([C@@H]2CN3CCN(C(=O)C4CCCc5nc(-n6cnnn6)ccc54)C[C@H]3CO2)ccc(F)c1C#N. The number of aromatic nitrogens is 5. The van der Waals surface area contributed by atoms with Crippen molar-refractivity contribution in [2.75, 3.05) is 32.8 Å². The van der Waals surface area contributed by atoms with Gasteiger partial charge in [-0.15, -0.1) is 5.10 Å². The van der Waals surface area contributed by atoms with Gasteiger partial charge >= 0.3 is 0 Å². The quantitative estimate of drug-likeness (QED) is 0.535. The van der Waals surface area contributed by atoms with Crippen molar-refractivity contribution in [1.82, 2.24) is 35.0 Å². The van der Waals surface area contributed by atoms with Crippen LogP contribution < -0.4 is 0 Å². The maximum Gasteiger partial charge on any atom is 0.230 e. The molecule has 0 radical (unpaired) electrons. The molecule has 1 aromatic carbocycles. The first-order valence-electron chi connectivity index (χ1n) is 12.6. The molecule has 0 N–H and O–H groups in total. The summed E-state index contributed by atoms with van der Waals surface area (Å²) >= 11 is 0. The van der Waals surface area contributed by atoms with Gasteiger partial charge in [-0.3, -0.25) is 9.69 Å². The molecular formula is C26H27FN8O2. The van der Waals surface area contributed by atoms with Crippen LogP contribution in [0.15, 0.2) is 30.6 Å². The molecule has 2 aromatic heterocycles. The van der Waals surface area contributed by atoms with Gasteiger partial charge in [0.15, 0.2) is 5.82 Å². The van der Waals surface area contributed by atoms with Crippen molar-refractivity contribution >= 4 is 5.91 Å². The van der Waals surface area contributed by atoms with Crippen LogP contribution in [0, 0.1) is 24.1 Å². The van der Waals surface area contributed by atoms with Crippen LogP contribution in [0.25, 0.3) is 5.82 Å². The van der Waals surface area contributed by atoms with Gasteiger partial charge in [0, 0.05) is 31.9 Å². The average Bonchev–Trinajstić information content (AvgIpc) is 3.47. The molecule has 3 atom stereocenters. The number of aryl methyl sites for hydroxylation is 1. The van der Waals surface area contributed by atoms with Crippen molar-refractivity contribution in [3.63, 3.8) is 0 Å². The third-order valence-electron chi connectivity index (χ3n) is 7.88. The van der Waals surface area contributed by atoms with Crippen molar-refractivity contribution in [1.29, 1.82) is 5.26 Å². The molecule has 2 fully saturated rings. The second kappa shape index (κ2) is 9.61. The Kier molecular flexibility index (Phi) is 6.14. The molecule has 190 valence electrons. The van der Waals surface area contributed by atoms with Gasteiger partial charge in [-0.25, -0.2) is 9.37 Å². The first-order valence-corrected chi connectivity index (χ1v) is 12.6. The number of benzene rings is 1. The van der Waals surface area contributed by atoms with E-state index in [1.807, 2.05) is 23.1 Å². The minimum atomic E-state index is -0.504. The normalized spacial score (nSPS) is 23.7. The van der Waals surface area contributed by atoms with Gasteiger partial charge < -0.3 is 9.64 Å². The third kappa shape index (κ3) is 4.26. The monoisotopic (exact) mass is 502 g/mol. The van der Waals surface area contributed by atoms with Crippen LogP contribution in [-0.2, 0) is 16.0 Å². The number of tetrazole rings is 1. The van der Waals surface area contributed by atoms with Gasteiger partial charge in [-0.2, -0.15) is 9.94 Å². The highest BCUT2D eigenvalue weighted by Gasteiger charge is 2.39. The molecule has 2 saturated heterocycles. The Hall–Kier alpha value is -3.75. The number of hydrogen-bond acceptors (Lipinski definition) is 8. The van der Waals surface area contributed by atoms with Crippen LogP contribution in [-0.4, -0.2) is 79.7 Å². The van der Waals surface area contributed by atoms with Crippen LogP contribution in [0.2, 0.25) is 0 Å². The number of carbonyl (C=O) groups is 1. The smallest absolute Gasteiger partial charge is 0.230 e. The maximum absolute atomic E-state index is 14.0. The minimum Gasteiger partial charge on any atom is -0.370 e. The Balaban J connectivity index is 1.14. The predicted molar refractivity (Wildman–Crippen MR) is 129 cm³/mol. The van der Waals surface area contributed by atoms with E-state index in [0.717, 1.165) is 42.6 Å². The molecule has 1 aliphatic carbocycles. The lowest BCUT2D eigenvalue weighted by atomic mass is 9.84. The van der Waals surface area contributed by atoms with Gasteiger partial charge in [0.25, 0.3) is 0 Å². The van der Waals surface area contributed by atoms with E-state index in [-0.39, 0.29) is 29.5 Å². The summed E-state index contributed by atoms with van der Waals surface area (Å²) in [4.78, 5) is 22.7. The fourth-order valence-corrected chi connectivity index (χ4v) is 5.87. The summed E-state index contributed by atoms with van der Waals surface area (Å²) in [5.74, 6) is 0.0929. The molecule has 2 aliphatic heterocycles. The zero-order valence-electron chi connectivity index (χ0n) is 20.5. The van der Waals surface area contributed by atoms with Gasteiger partial charge in [-0.1, -0.05) is 12.1 Å². The van der Waals surface area contributed by atoms with E-state index in [0.29, 0.717) is 37.6 Å². The number of rotatable bonds is 3. The molecule has 1 amide bonds. The van der Waals surface area contributed by atoms with E-state index in [9.17, 15) is 14.4 Å². The number of piperazine rings is 1. The highest BCUT2D eigenvalue weighted by atomic mass is 19.1. The maximum atomic E-state index is 14.0. The number of ether oxygens (including phenoxy) is 1. The van der Waals surface area contributed by atoms with Crippen molar-refractivity contribution in [3.05, 3.63) is 64.4 Å². The van der Waals surface area contributed by atoms with E-state index in [4.69, 9.17) is 9.72 Å². The topological polar surface area (TPSA) is 113 Å². The number of nitrogens with zero attached hydrogens (tertiary/aromatic N) is 8. The number of nitriles is 1. The standard InChI is InChI=1S/C26H27FN8O2/c1-16-18(5-7-22(27)21(16)11-28)24-13-33-9-10-34(12-17(33)14-37-24)26(36)20-3-2-4-23-19(20)6-8-25(30-23)35-15-29-31-32-35/h5-8,15,17,20,24H,2-4,9-10,12-14H2,1H3/t17-,20?,24-/m0/s1. The molecule has 11 heteroatoms. The van der Waals surface area contributed by atoms with Crippen LogP contribution in [0.5, 0.6) is 0 Å². The number of carbonyl (C=O) groups excluding carboxylic acids is 1. The number of morpholine rings is 1. The summed E-state index contributed by atoms with van der Waals surface area (Å²) in [6, 6.07) is 8.99. The Labute approximate surface area is 213 Å². The summed E-state index contributed by atoms with van der Waals surface area (Å²) in [5.41, 5.74) is 3.49. The highest BCUT2D eigenvalue weighted by Crippen LogP contribution is 2.35. The first-order chi connectivity index (χ1) is 18.0. The summed E-state index contributed by atoms with van der Waals surface area (Å²) in [5, 5.41) is 20.6. The molecule has 1 unspecified atom stereocenters. The zero-order chi connectivity index (χ0) is 25.5. The first kappa shape index (κ1) is 23.6. The molecular weight excluding hydrogens is 475 g/mol. The van der Waals surface area contributed by atoms with Crippen LogP contribution in [0.4, 0.5) is 4.39 Å². The summed E-state index contributed by atoms with van der Waals surface area (Å²) in [7, 11) is 0. The van der Waals surface area contributed by atoms with Gasteiger partial charge in [0.1, 0.15) is 18.2 Å².